The van der Waals surface area contributed by atoms with Crippen LogP contribution in [0.1, 0.15) is 51.9 Å². The molecule has 1 saturated heterocycles. The molecule has 2 heteroatoms. The fourth-order valence-electron chi connectivity index (χ4n) is 2.59. The summed E-state index contributed by atoms with van der Waals surface area (Å²) in [6.45, 7) is 5.13. The first-order valence-electron chi connectivity index (χ1n) is 6.54. The average Bonchev–Trinajstić information content (AvgIpc) is 2.24. The van der Waals surface area contributed by atoms with Gasteiger partial charge < -0.3 is 9.47 Å². The molecule has 0 unspecified atom stereocenters. The van der Waals surface area contributed by atoms with Gasteiger partial charge in [0.1, 0.15) is 0 Å². The van der Waals surface area contributed by atoms with Crippen LogP contribution in [0.2, 0.25) is 0 Å². The van der Waals surface area contributed by atoms with Crippen molar-refractivity contribution in [1.82, 2.24) is 0 Å². The molecule has 2 aliphatic rings. The van der Waals surface area contributed by atoms with E-state index in [0.717, 1.165) is 19.8 Å². The van der Waals surface area contributed by atoms with Gasteiger partial charge in [0.15, 0.2) is 0 Å². The minimum absolute atomic E-state index is 0.467. The Morgan fingerprint density at radius 2 is 1.93 bits per heavy atom. The molecule has 2 nitrogen and oxygen atoms in total. The van der Waals surface area contributed by atoms with Crippen LogP contribution in [-0.2, 0) is 9.47 Å². The number of hydrogen-bond donors (Lipinski definition) is 0. The number of hydrogen-bond acceptors (Lipinski definition) is 2. The Hall–Kier alpha value is -0.0800. The van der Waals surface area contributed by atoms with Crippen LogP contribution in [0, 0.1) is 5.41 Å². The van der Waals surface area contributed by atoms with Crippen molar-refractivity contribution in [3.8, 4) is 0 Å². The van der Waals surface area contributed by atoms with Crippen LogP contribution in [0.4, 0.5) is 0 Å². The van der Waals surface area contributed by atoms with Crippen molar-refractivity contribution in [3.63, 3.8) is 0 Å². The summed E-state index contributed by atoms with van der Waals surface area (Å²) in [4.78, 5) is 0. The maximum Gasteiger partial charge on any atom is 0.0575 e. The second kappa shape index (κ2) is 5.31. The predicted molar refractivity (Wildman–Crippen MR) is 61.0 cm³/mol. The highest BCUT2D eigenvalue weighted by Gasteiger charge is 2.36. The summed E-state index contributed by atoms with van der Waals surface area (Å²) in [7, 11) is 0. The van der Waals surface area contributed by atoms with Crippen LogP contribution in [0.25, 0.3) is 0 Å². The van der Waals surface area contributed by atoms with Crippen molar-refractivity contribution in [2.24, 2.45) is 5.41 Å². The van der Waals surface area contributed by atoms with Gasteiger partial charge in [0.05, 0.1) is 19.3 Å². The van der Waals surface area contributed by atoms with Gasteiger partial charge in [0.2, 0.25) is 0 Å². The summed E-state index contributed by atoms with van der Waals surface area (Å²) in [5.41, 5.74) is 0.467. The maximum atomic E-state index is 5.96. The summed E-state index contributed by atoms with van der Waals surface area (Å²) in [5.74, 6) is 0. The van der Waals surface area contributed by atoms with Crippen LogP contribution in [0.5, 0.6) is 0 Å². The summed E-state index contributed by atoms with van der Waals surface area (Å²) >= 11 is 0. The average molecular weight is 212 g/mol. The number of rotatable bonds is 5. The van der Waals surface area contributed by atoms with Gasteiger partial charge in [-0.1, -0.05) is 26.2 Å². The van der Waals surface area contributed by atoms with E-state index in [1.54, 1.807) is 0 Å². The van der Waals surface area contributed by atoms with Gasteiger partial charge in [0, 0.05) is 12.0 Å². The van der Waals surface area contributed by atoms with E-state index in [9.17, 15) is 0 Å². The third-order valence-corrected chi connectivity index (χ3v) is 4.10. The first-order valence-corrected chi connectivity index (χ1v) is 6.54. The largest absolute Gasteiger partial charge is 0.380 e. The summed E-state index contributed by atoms with van der Waals surface area (Å²) in [6.07, 6.45) is 9.71. The van der Waals surface area contributed by atoms with Crippen molar-refractivity contribution >= 4 is 0 Å². The fraction of sp³-hybridized carbons (Fsp3) is 1.00. The minimum Gasteiger partial charge on any atom is -0.380 e. The topological polar surface area (TPSA) is 18.5 Å². The molecule has 1 aliphatic carbocycles. The standard InChI is InChI=1S/C13H24O2/c1-2-13(10-14-11-13)8-9-15-12-6-4-3-5-7-12/h12H,2-11H2,1H3. The maximum absolute atomic E-state index is 5.96. The fourth-order valence-corrected chi connectivity index (χ4v) is 2.59. The molecule has 15 heavy (non-hydrogen) atoms. The van der Waals surface area contributed by atoms with Crippen LogP contribution in [0.15, 0.2) is 0 Å². The van der Waals surface area contributed by atoms with E-state index in [1.165, 1.54) is 44.9 Å². The van der Waals surface area contributed by atoms with Crippen molar-refractivity contribution < 1.29 is 9.47 Å². The second-order valence-electron chi connectivity index (χ2n) is 5.23. The van der Waals surface area contributed by atoms with Crippen molar-refractivity contribution in [1.29, 1.82) is 0 Å². The van der Waals surface area contributed by atoms with E-state index < -0.39 is 0 Å². The molecule has 0 aromatic rings. The van der Waals surface area contributed by atoms with Crippen molar-refractivity contribution in [2.45, 2.75) is 58.0 Å². The zero-order valence-electron chi connectivity index (χ0n) is 9.96. The van der Waals surface area contributed by atoms with E-state index in [2.05, 4.69) is 6.92 Å². The predicted octanol–water partition coefficient (Wildman–Crippen LogP) is 3.15. The third-order valence-electron chi connectivity index (χ3n) is 4.10. The lowest BCUT2D eigenvalue weighted by Crippen LogP contribution is -2.43. The monoisotopic (exact) mass is 212 g/mol. The van der Waals surface area contributed by atoms with E-state index in [0.29, 0.717) is 11.5 Å². The van der Waals surface area contributed by atoms with Gasteiger partial charge in [-0.05, 0) is 25.7 Å². The van der Waals surface area contributed by atoms with Gasteiger partial charge in [-0.25, -0.2) is 0 Å². The normalized spacial score (nSPS) is 26.2. The highest BCUT2D eigenvalue weighted by atomic mass is 16.5. The van der Waals surface area contributed by atoms with E-state index in [1.807, 2.05) is 0 Å². The summed E-state index contributed by atoms with van der Waals surface area (Å²) < 4.78 is 11.3. The molecule has 0 amide bonds. The van der Waals surface area contributed by atoms with Crippen molar-refractivity contribution in [3.05, 3.63) is 0 Å². The molecular formula is C13H24O2. The molecule has 0 spiro atoms. The Bertz CT molecular complexity index is 175. The molecule has 2 rings (SSSR count). The number of ether oxygens (including phenoxy) is 2. The van der Waals surface area contributed by atoms with E-state index in [4.69, 9.17) is 9.47 Å². The third kappa shape index (κ3) is 2.94. The van der Waals surface area contributed by atoms with Crippen molar-refractivity contribution in [2.75, 3.05) is 19.8 Å². The molecule has 0 N–H and O–H groups in total. The quantitative estimate of drug-likeness (QED) is 0.697. The lowest BCUT2D eigenvalue weighted by atomic mass is 9.80. The molecular weight excluding hydrogens is 188 g/mol. The molecule has 0 radical (unpaired) electrons. The minimum atomic E-state index is 0.467. The second-order valence-corrected chi connectivity index (χ2v) is 5.23. The Labute approximate surface area is 93.3 Å². The van der Waals surface area contributed by atoms with Crippen LogP contribution < -0.4 is 0 Å². The van der Waals surface area contributed by atoms with Gasteiger partial charge in [-0.15, -0.1) is 0 Å². The Balaban J connectivity index is 1.61. The first-order chi connectivity index (χ1) is 7.35. The van der Waals surface area contributed by atoms with Crippen LogP contribution in [0.3, 0.4) is 0 Å². The van der Waals surface area contributed by atoms with Crippen LogP contribution in [-0.4, -0.2) is 25.9 Å². The molecule has 0 aromatic heterocycles. The Kier molecular flexibility index (Phi) is 4.04. The van der Waals surface area contributed by atoms with Crippen LogP contribution >= 0.6 is 0 Å². The highest BCUT2D eigenvalue weighted by Crippen LogP contribution is 2.35. The first kappa shape index (κ1) is 11.4. The molecule has 1 aliphatic heterocycles. The van der Waals surface area contributed by atoms with Gasteiger partial charge >= 0.3 is 0 Å². The SMILES string of the molecule is CCC1(CCOC2CCCCC2)COC1. The zero-order chi connectivity index (χ0) is 10.6. The molecule has 0 bridgehead atoms. The molecule has 88 valence electrons. The molecule has 2 fully saturated rings. The Morgan fingerprint density at radius 3 is 2.47 bits per heavy atom. The molecule has 0 atom stereocenters. The smallest absolute Gasteiger partial charge is 0.0575 e. The van der Waals surface area contributed by atoms with Gasteiger partial charge in [-0.3, -0.25) is 0 Å². The van der Waals surface area contributed by atoms with E-state index >= 15 is 0 Å². The molecule has 1 heterocycles. The molecule has 1 saturated carbocycles. The zero-order valence-corrected chi connectivity index (χ0v) is 9.96. The van der Waals surface area contributed by atoms with Gasteiger partial charge in [0.25, 0.3) is 0 Å². The lowest BCUT2D eigenvalue weighted by molar-refractivity contribution is -0.132. The highest BCUT2D eigenvalue weighted by molar-refractivity contribution is 4.84. The van der Waals surface area contributed by atoms with Gasteiger partial charge in [-0.2, -0.15) is 0 Å². The van der Waals surface area contributed by atoms with E-state index in [-0.39, 0.29) is 0 Å². The lowest BCUT2D eigenvalue weighted by Gasteiger charge is -2.41. The summed E-state index contributed by atoms with van der Waals surface area (Å²) in [6, 6.07) is 0. The summed E-state index contributed by atoms with van der Waals surface area (Å²) in [5, 5.41) is 0. The Morgan fingerprint density at radius 1 is 1.20 bits per heavy atom. The molecule has 0 aromatic carbocycles.